The fraction of sp³-hybridized carbons (Fsp3) is 0.0345. The first kappa shape index (κ1) is 37.3. The van der Waals surface area contributed by atoms with Crippen LogP contribution in [-0.2, 0) is 11.2 Å². The minimum atomic E-state index is -1.70. The maximum absolute atomic E-state index is 14.1. The molecule has 4 nitrogen and oxygen atoms in total. The molecular weight excluding hydrogens is 757 g/mol. The molecule has 0 aliphatic heterocycles. The molecule has 10 aromatic carbocycles. The average Bonchev–Trinajstić information content (AvgIpc) is 3.34. The maximum Gasteiger partial charge on any atom is 0.141 e. The number of benzene rings is 10. The minimum Gasteiger partial charge on any atom is -0.376 e. The van der Waals surface area contributed by atoms with Crippen molar-refractivity contribution in [2.75, 3.05) is 9.80 Å². The molecule has 1 aliphatic carbocycles. The number of anilines is 6. The Morgan fingerprint density at radius 3 is 0.887 bits per heavy atom. The Morgan fingerprint density at radius 2 is 0.548 bits per heavy atom. The van der Waals surface area contributed by atoms with Gasteiger partial charge in [-0.25, -0.2) is 0 Å². The number of rotatable bonds is 8. The molecule has 62 heavy (non-hydrogen) atoms. The molecule has 0 fully saturated rings. The van der Waals surface area contributed by atoms with Crippen LogP contribution in [0.5, 0.6) is 0 Å². The highest BCUT2D eigenvalue weighted by atomic mass is 16.3. The first-order chi connectivity index (χ1) is 30.5. The summed E-state index contributed by atoms with van der Waals surface area (Å²) in [6, 6.07) is 82.3. The molecule has 0 bridgehead atoms. The highest BCUT2D eigenvalue weighted by Gasteiger charge is 2.51. The molecule has 0 heterocycles. The fourth-order valence-electron chi connectivity index (χ4n) is 9.52. The number of hydrogen-bond donors (Lipinski definition) is 2. The van der Waals surface area contributed by atoms with E-state index < -0.39 is 11.2 Å². The van der Waals surface area contributed by atoms with Crippen molar-refractivity contribution in [2.24, 2.45) is 0 Å². The van der Waals surface area contributed by atoms with Crippen molar-refractivity contribution in [1.29, 1.82) is 0 Å². The third-order valence-electron chi connectivity index (χ3n) is 12.5. The van der Waals surface area contributed by atoms with Crippen LogP contribution in [0.3, 0.4) is 0 Å². The van der Waals surface area contributed by atoms with Crippen molar-refractivity contribution >= 4 is 55.7 Å². The zero-order valence-corrected chi connectivity index (χ0v) is 33.9. The minimum absolute atomic E-state index is 0.598. The average molecular weight is 799 g/mol. The molecule has 1 aliphatic rings. The van der Waals surface area contributed by atoms with Crippen LogP contribution in [0.2, 0.25) is 0 Å². The highest BCUT2D eigenvalue weighted by molar-refractivity contribution is 5.87. The Hall–Kier alpha value is -7.76. The molecule has 2 unspecified atom stereocenters. The Balaban J connectivity index is 1.23. The van der Waals surface area contributed by atoms with E-state index in [1.807, 2.05) is 121 Å². The van der Waals surface area contributed by atoms with Gasteiger partial charge in [-0.15, -0.1) is 0 Å². The smallest absolute Gasteiger partial charge is 0.141 e. The van der Waals surface area contributed by atoms with E-state index in [1.165, 1.54) is 0 Å². The van der Waals surface area contributed by atoms with Gasteiger partial charge in [-0.2, -0.15) is 0 Å². The third-order valence-corrected chi connectivity index (χ3v) is 12.5. The molecule has 2 N–H and O–H groups in total. The molecule has 0 radical (unpaired) electrons. The lowest BCUT2D eigenvalue weighted by Crippen LogP contribution is -2.44. The van der Waals surface area contributed by atoms with Gasteiger partial charge < -0.3 is 20.0 Å². The lowest BCUT2D eigenvalue weighted by molar-refractivity contribution is 0.0750. The molecule has 0 aromatic heterocycles. The molecule has 4 heteroatoms. The van der Waals surface area contributed by atoms with Gasteiger partial charge in [0, 0.05) is 45.3 Å². The molecule has 0 amide bonds. The van der Waals surface area contributed by atoms with Crippen LogP contribution in [0, 0.1) is 0 Å². The van der Waals surface area contributed by atoms with E-state index in [1.54, 1.807) is 0 Å². The van der Waals surface area contributed by atoms with Crippen LogP contribution in [0.4, 0.5) is 34.1 Å². The van der Waals surface area contributed by atoms with Crippen LogP contribution < -0.4 is 9.80 Å². The van der Waals surface area contributed by atoms with Crippen LogP contribution >= 0.6 is 0 Å². The molecule has 2 atom stereocenters. The quantitative estimate of drug-likeness (QED) is 0.161. The molecule has 10 aromatic rings. The summed E-state index contributed by atoms with van der Waals surface area (Å²) in [5.41, 5.74) is 6.00. The van der Waals surface area contributed by atoms with E-state index in [2.05, 4.69) is 131 Å². The topological polar surface area (TPSA) is 46.9 Å². The molecule has 11 rings (SSSR count). The van der Waals surface area contributed by atoms with Gasteiger partial charge in [-0.3, -0.25) is 0 Å². The van der Waals surface area contributed by atoms with Gasteiger partial charge in [0.2, 0.25) is 0 Å². The Morgan fingerprint density at radius 1 is 0.242 bits per heavy atom. The standard InChI is InChI=1S/C58H42N2O2/c61-57(45-31-29-41-17-13-15-19-43(41)37-45)54-36-34-52(60(49-25-9-3-10-26-49)50-27-11-4-12-28-50)40-56(54)58(62,46-32-30-42-18-14-16-20-44(42)38-46)53-35-33-51(39-55(53)57)59(47-21-5-1-6-22-47)48-23-7-2-8-24-48/h1-40,61-62H. The highest BCUT2D eigenvalue weighted by Crippen LogP contribution is 2.56. The second-order valence-corrected chi connectivity index (χ2v) is 16.0. The van der Waals surface area contributed by atoms with Gasteiger partial charge in [0.05, 0.1) is 0 Å². The summed E-state index contributed by atoms with van der Waals surface area (Å²) >= 11 is 0. The number of para-hydroxylation sites is 4. The van der Waals surface area contributed by atoms with Crippen molar-refractivity contribution in [2.45, 2.75) is 11.2 Å². The Kier molecular flexibility index (Phi) is 9.05. The summed E-state index contributed by atoms with van der Waals surface area (Å²) in [5, 5.41) is 32.4. The van der Waals surface area contributed by atoms with E-state index in [0.29, 0.717) is 33.4 Å². The third kappa shape index (κ3) is 6.08. The lowest BCUT2D eigenvalue weighted by atomic mass is 9.63. The summed E-state index contributed by atoms with van der Waals surface area (Å²) in [7, 11) is 0. The summed E-state index contributed by atoms with van der Waals surface area (Å²) in [6.45, 7) is 0. The van der Waals surface area contributed by atoms with Crippen LogP contribution in [0.1, 0.15) is 33.4 Å². The summed E-state index contributed by atoms with van der Waals surface area (Å²) in [5.74, 6) is 0. The van der Waals surface area contributed by atoms with E-state index >= 15 is 0 Å². The summed E-state index contributed by atoms with van der Waals surface area (Å²) in [6.07, 6.45) is 0. The van der Waals surface area contributed by atoms with Gasteiger partial charge in [-0.1, -0.05) is 158 Å². The molecule has 0 spiro atoms. The van der Waals surface area contributed by atoms with Crippen LogP contribution in [0.15, 0.2) is 243 Å². The predicted octanol–water partition coefficient (Wildman–Crippen LogP) is 13.8. The van der Waals surface area contributed by atoms with Crippen molar-refractivity contribution < 1.29 is 10.2 Å². The first-order valence-electron chi connectivity index (χ1n) is 21.0. The molecule has 296 valence electrons. The number of aliphatic hydroxyl groups is 2. The van der Waals surface area contributed by atoms with Crippen molar-refractivity contribution in [3.05, 3.63) is 276 Å². The second-order valence-electron chi connectivity index (χ2n) is 16.0. The number of fused-ring (bicyclic) bond motifs is 4. The zero-order valence-electron chi connectivity index (χ0n) is 33.9. The van der Waals surface area contributed by atoms with Crippen molar-refractivity contribution in [3.63, 3.8) is 0 Å². The van der Waals surface area contributed by atoms with Crippen molar-refractivity contribution in [1.82, 2.24) is 0 Å². The lowest BCUT2D eigenvalue weighted by Gasteiger charge is -2.46. The SMILES string of the molecule is OC1(c2ccc3ccccc3c2)c2ccc(N(c3ccccc3)c3ccccc3)cc2C(O)(c2ccc3ccccc3c2)c2ccc(N(c3ccccc3)c3ccccc3)cc21. The first-order valence-corrected chi connectivity index (χ1v) is 21.0. The van der Waals surface area contributed by atoms with Gasteiger partial charge >= 0.3 is 0 Å². The van der Waals surface area contributed by atoms with Gasteiger partial charge in [0.15, 0.2) is 0 Å². The van der Waals surface area contributed by atoms with Crippen molar-refractivity contribution in [3.8, 4) is 0 Å². The van der Waals surface area contributed by atoms with E-state index in [4.69, 9.17) is 0 Å². The number of hydrogen-bond acceptors (Lipinski definition) is 4. The monoisotopic (exact) mass is 798 g/mol. The van der Waals surface area contributed by atoms with Gasteiger partial charge in [-0.05, 0) is 129 Å². The second kappa shape index (κ2) is 15.1. The maximum atomic E-state index is 14.1. The fourth-order valence-corrected chi connectivity index (χ4v) is 9.52. The normalized spacial score (nSPS) is 16.7. The Bertz CT molecular complexity index is 2930. The van der Waals surface area contributed by atoms with Gasteiger partial charge in [0.25, 0.3) is 0 Å². The zero-order chi connectivity index (χ0) is 41.7. The van der Waals surface area contributed by atoms with Crippen LogP contribution in [-0.4, -0.2) is 10.2 Å². The molecule has 0 saturated heterocycles. The summed E-state index contributed by atoms with van der Waals surface area (Å²) < 4.78 is 0. The van der Waals surface area contributed by atoms with Gasteiger partial charge in [0.1, 0.15) is 11.2 Å². The molecule has 0 saturated carbocycles. The van der Waals surface area contributed by atoms with Crippen LogP contribution in [0.25, 0.3) is 21.5 Å². The Labute approximate surface area is 361 Å². The van der Waals surface area contributed by atoms with E-state index in [0.717, 1.165) is 55.7 Å². The summed E-state index contributed by atoms with van der Waals surface area (Å²) in [4.78, 5) is 4.40. The number of nitrogens with zero attached hydrogens (tertiary/aromatic N) is 2. The predicted molar refractivity (Wildman–Crippen MR) is 254 cm³/mol. The molecular formula is C58H42N2O2. The van der Waals surface area contributed by atoms with E-state index in [9.17, 15) is 10.2 Å². The largest absolute Gasteiger partial charge is 0.376 e. The van der Waals surface area contributed by atoms with E-state index in [-0.39, 0.29) is 0 Å².